The lowest BCUT2D eigenvalue weighted by Gasteiger charge is -2.50. The van der Waals surface area contributed by atoms with Gasteiger partial charge in [-0.05, 0) is 98.5 Å². The maximum Gasteiger partial charge on any atom is 0.410 e. The van der Waals surface area contributed by atoms with Crippen LogP contribution in [0.1, 0.15) is 101 Å². The van der Waals surface area contributed by atoms with Crippen molar-refractivity contribution in [2.45, 2.75) is 198 Å². The lowest BCUT2D eigenvalue weighted by molar-refractivity contribution is -0.319. The number of likely N-dealkylation sites (tertiary alicyclic amines) is 1. The largest absolute Gasteiger partial charge is 0.459 e. The molecule has 1 aromatic carbocycles. The van der Waals surface area contributed by atoms with Crippen molar-refractivity contribution in [3.05, 3.63) is 30.1 Å². The fourth-order valence-electron chi connectivity index (χ4n) is 11.9. The van der Waals surface area contributed by atoms with E-state index in [0.29, 0.717) is 19.5 Å². The molecule has 398 valence electrons. The third-order valence-corrected chi connectivity index (χ3v) is 16.5. The van der Waals surface area contributed by atoms with Crippen LogP contribution in [-0.2, 0) is 47.5 Å². The van der Waals surface area contributed by atoms with E-state index in [4.69, 9.17) is 37.9 Å². The SMILES string of the molecule is CC[C@H]1OC(=O)[C@H](C)[C@@H](OC2C[C@@](C)(OC)[C@@H](O)[C@H](C)O2)[C@H](C)[C@@H](OC2O[C@H](C)C[C@H](N(C)CCOC(=O)N3CC4CC3CN4c3ccc(F)cc3)[C@H]2O)[C@](C)(OC)C[C@@H](C)C(=O)[C@H](C)[C@@H](O)[C@]1(C)O. The molecule has 18 nitrogen and oxygen atoms in total. The topological polar surface area (TPSA) is 216 Å². The summed E-state index contributed by atoms with van der Waals surface area (Å²) < 4.78 is 64.0. The van der Waals surface area contributed by atoms with Gasteiger partial charge in [-0.15, -0.1) is 0 Å². The van der Waals surface area contributed by atoms with Crippen molar-refractivity contribution in [2.75, 3.05) is 52.4 Å². The Hall–Kier alpha value is -3.08. The summed E-state index contributed by atoms with van der Waals surface area (Å²) in [4.78, 5) is 47.9. The second kappa shape index (κ2) is 22.6. The number of amides is 1. The van der Waals surface area contributed by atoms with Crippen LogP contribution in [-0.4, -0.2) is 192 Å². The monoisotopic (exact) mass is 996 g/mol. The molecule has 1 amide bonds. The van der Waals surface area contributed by atoms with E-state index < -0.39 is 120 Å². The first kappa shape index (κ1) is 56.2. The number of ketones is 1. The molecule has 0 spiro atoms. The fraction of sp³-hybridized carbons (Fsp3) is 0.824. The zero-order valence-electron chi connectivity index (χ0n) is 43.5. The van der Waals surface area contributed by atoms with Gasteiger partial charge in [-0.25, -0.2) is 9.18 Å². The average molecular weight is 996 g/mol. The predicted molar refractivity (Wildman–Crippen MR) is 254 cm³/mol. The Morgan fingerprint density at radius 2 is 1.53 bits per heavy atom. The number of esters is 1. The highest BCUT2D eigenvalue weighted by Gasteiger charge is 2.54. The summed E-state index contributed by atoms with van der Waals surface area (Å²) in [5.41, 5.74) is -3.53. The van der Waals surface area contributed by atoms with Crippen molar-refractivity contribution in [2.24, 2.45) is 23.7 Å². The van der Waals surface area contributed by atoms with Crippen LogP contribution < -0.4 is 4.90 Å². The van der Waals surface area contributed by atoms with E-state index in [1.165, 1.54) is 40.2 Å². The number of aliphatic hydroxyl groups is 4. The summed E-state index contributed by atoms with van der Waals surface area (Å²) >= 11 is 0. The number of rotatable bonds is 12. The molecule has 5 aliphatic rings. The van der Waals surface area contributed by atoms with Gasteiger partial charge < -0.3 is 68.1 Å². The van der Waals surface area contributed by atoms with Crippen molar-refractivity contribution in [3.8, 4) is 0 Å². The lowest BCUT2D eigenvalue weighted by atomic mass is 9.74. The van der Waals surface area contributed by atoms with Crippen molar-refractivity contribution in [3.63, 3.8) is 0 Å². The van der Waals surface area contributed by atoms with E-state index in [-0.39, 0.29) is 56.1 Å². The van der Waals surface area contributed by atoms with Crippen molar-refractivity contribution in [1.29, 1.82) is 0 Å². The number of hydrogen-bond donors (Lipinski definition) is 4. The molecule has 5 aliphatic heterocycles. The van der Waals surface area contributed by atoms with Crippen LogP contribution in [0, 0.1) is 29.5 Å². The van der Waals surface area contributed by atoms with Crippen molar-refractivity contribution >= 4 is 23.5 Å². The molecule has 1 aromatic rings. The maximum atomic E-state index is 14.4. The Labute approximate surface area is 413 Å². The minimum atomic E-state index is -2.01. The number of ether oxygens (including phenoxy) is 8. The second-order valence-electron chi connectivity index (χ2n) is 21.6. The first-order chi connectivity index (χ1) is 32.8. The van der Waals surface area contributed by atoms with Gasteiger partial charge in [-0.3, -0.25) is 14.5 Å². The van der Waals surface area contributed by atoms with E-state index >= 15 is 0 Å². The molecule has 70 heavy (non-hydrogen) atoms. The number of anilines is 1. The number of cyclic esters (lactones) is 1. The minimum absolute atomic E-state index is 0.0298. The summed E-state index contributed by atoms with van der Waals surface area (Å²) in [5, 5.41) is 46.7. The number of fused-ring (bicyclic) bond motifs is 2. The normalized spacial score (nSPS) is 43.3. The molecule has 5 heterocycles. The van der Waals surface area contributed by atoms with Crippen molar-refractivity contribution < 1.29 is 77.1 Å². The number of carbonyl (C=O) groups excluding carboxylic acids is 3. The Morgan fingerprint density at radius 1 is 0.871 bits per heavy atom. The lowest BCUT2D eigenvalue weighted by Crippen LogP contribution is -2.61. The number of methoxy groups -OCH3 is 2. The van der Waals surface area contributed by atoms with Gasteiger partial charge in [0, 0.05) is 75.8 Å². The average Bonchev–Trinajstić information content (AvgIpc) is 3.95. The number of halogens is 1. The van der Waals surface area contributed by atoms with Crippen LogP contribution >= 0.6 is 0 Å². The number of benzene rings is 1. The molecule has 5 saturated heterocycles. The van der Waals surface area contributed by atoms with Crippen molar-refractivity contribution in [1.82, 2.24) is 9.80 Å². The van der Waals surface area contributed by atoms with E-state index in [0.717, 1.165) is 12.1 Å². The Bertz CT molecular complexity index is 1930. The van der Waals surface area contributed by atoms with E-state index in [9.17, 15) is 39.2 Å². The maximum absolute atomic E-state index is 14.4. The van der Waals surface area contributed by atoms with Gasteiger partial charge in [0.1, 0.15) is 42.1 Å². The van der Waals surface area contributed by atoms with Crippen LogP contribution in [0.5, 0.6) is 0 Å². The number of Topliss-reactive ketones (excluding diaryl/α,β-unsaturated/α-hetero) is 1. The summed E-state index contributed by atoms with van der Waals surface area (Å²) in [6.07, 6.45) is -9.64. The summed E-state index contributed by atoms with van der Waals surface area (Å²) in [7, 11) is 4.80. The molecule has 0 aromatic heterocycles. The van der Waals surface area contributed by atoms with E-state index in [1.807, 2.05) is 25.8 Å². The Morgan fingerprint density at radius 3 is 2.13 bits per heavy atom. The fourth-order valence-corrected chi connectivity index (χ4v) is 11.9. The highest BCUT2D eigenvalue weighted by Crippen LogP contribution is 2.42. The van der Waals surface area contributed by atoms with Crippen LogP contribution in [0.2, 0.25) is 0 Å². The standard InChI is InChI=1S/C51H82FN3O15/c1-14-38-51(10,62)43(58)29(4)40(56)27(2)23-50(9,64-13)45(30(5)42(31(6)46(60)68-38)69-39-24-49(8,63-12)44(59)32(7)67-39)70-47-41(57)37(21-28(3)66-47)53(11)19-20-65-48(61)55-26-35-22-36(55)25-54(35)34-17-15-33(52)16-18-34/h15-18,27-32,35-39,41-45,47,57-59,62H,14,19-26H2,1-13H3/t27-,28-,29+,30+,31-,32+,35?,36?,37+,38-,39?,41-,42+,43-,44+,45-,47?,49-,50-,51-/m1/s1. The number of piperazine rings is 1. The van der Waals surface area contributed by atoms with Gasteiger partial charge in [-0.2, -0.15) is 0 Å². The van der Waals surface area contributed by atoms with E-state index in [1.54, 1.807) is 58.6 Å². The first-order valence-electron chi connectivity index (χ1n) is 25.2. The molecule has 6 rings (SSSR count). The Balaban J connectivity index is 1.24. The molecular weight excluding hydrogens is 914 g/mol. The molecule has 5 fully saturated rings. The van der Waals surface area contributed by atoms with Gasteiger partial charge >= 0.3 is 12.1 Å². The molecule has 20 atom stereocenters. The van der Waals surface area contributed by atoms with Crippen LogP contribution in [0.4, 0.5) is 14.9 Å². The molecule has 4 unspecified atom stereocenters. The Kier molecular flexibility index (Phi) is 18.1. The van der Waals surface area contributed by atoms with Gasteiger partial charge in [0.25, 0.3) is 0 Å². The minimum Gasteiger partial charge on any atom is -0.459 e. The molecule has 4 N–H and O–H groups in total. The molecule has 19 heteroatoms. The predicted octanol–water partition coefficient (Wildman–Crippen LogP) is 4.05. The molecular formula is C51H82FN3O15. The first-order valence-corrected chi connectivity index (χ1v) is 25.2. The molecule has 0 saturated carbocycles. The summed E-state index contributed by atoms with van der Waals surface area (Å²) in [6.45, 7) is 18.3. The number of nitrogens with zero attached hydrogens (tertiary/aromatic N) is 3. The van der Waals surface area contributed by atoms with Crippen LogP contribution in [0.3, 0.4) is 0 Å². The second-order valence-corrected chi connectivity index (χ2v) is 21.6. The molecule has 0 radical (unpaired) electrons. The third-order valence-electron chi connectivity index (χ3n) is 16.5. The number of carbonyl (C=O) groups is 3. The third kappa shape index (κ3) is 11.6. The zero-order valence-corrected chi connectivity index (χ0v) is 43.5. The number of likely N-dealkylation sites (N-methyl/N-ethyl adjacent to an activating group) is 1. The quantitative estimate of drug-likeness (QED) is 0.217. The molecule has 2 bridgehead atoms. The van der Waals surface area contributed by atoms with Gasteiger partial charge in [0.15, 0.2) is 12.6 Å². The zero-order chi connectivity index (χ0) is 51.8. The van der Waals surface area contributed by atoms with Crippen LogP contribution in [0.15, 0.2) is 24.3 Å². The van der Waals surface area contributed by atoms with Crippen LogP contribution in [0.25, 0.3) is 0 Å². The number of aliphatic hydroxyl groups excluding tert-OH is 3. The molecule has 0 aliphatic carbocycles. The smallest absolute Gasteiger partial charge is 0.410 e. The van der Waals surface area contributed by atoms with Gasteiger partial charge in [-0.1, -0.05) is 27.7 Å². The van der Waals surface area contributed by atoms with E-state index in [2.05, 4.69) is 4.90 Å². The van der Waals surface area contributed by atoms with Gasteiger partial charge in [0.05, 0.1) is 53.7 Å². The summed E-state index contributed by atoms with van der Waals surface area (Å²) in [6, 6.07) is 5.93. The summed E-state index contributed by atoms with van der Waals surface area (Å²) in [5.74, 6) is -5.15. The number of hydrogen-bond acceptors (Lipinski definition) is 17. The highest BCUT2D eigenvalue weighted by atomic mass is 19.1. The highest BCUT2D eigenvalue weighted by molar-refractivity contribution is 5.83. The van der Waals surface area contributed by atoms with Gasteiger partial charge in [0.2, 0.25) is 0 Å².